The first kappa shape index (κ1) is 13.5. The molecule has 0 saturated carbocycles. The smallest absolute Gasteiger partial charge is 0.253 e. The summed E-state index contributed by atoms with van der Waals surface area (Å²) < 4.78 is 1.07. The molecule has 2 rings (SSSR count). The summed E-state index contributed by atoms with van der Waals surface area (Å²) in [5, 5.41) is 3.02. The van der Waals surface area contributed by atoms with Crippen LogP contribution in [0, 0.1) is 10.5 Å². The van der Waals surface area contributed by atoms with Gasteiger partial charge in [-0.25, -0.2) is 4.98 Å². The first-order valence-electron chi connectivity index (χ1n) is 5.48. The molecule has 94 valence electrons. The topological polar surface area (TPSA) is 33.2 Å². The predicted octanol–water partition coefficient (Wildman–Crippen LogP) is 3.33. The first-order chi connectivity index (χ1) is 8.56. The molecule has 1 aromatic heterocycles. The van der Waals surface area contributed by atoms with Crippen LogP contribution >= 0.6 is 33.9 Å². The van der Waals surface area contributed by atoms with Crippen LogP contribution in [0.4, 0.5) is 0 Å². The molecule has 0 bridgehead atoms. The van der Waals surface area contributed by atoms with Crippen LogP contribution in [0.5, 0.6) is 0 Å². The van der Waals surface area contributed by atoms with Crippen LogP contribution in [0.15, 0.2) is 29.6 Å². The summed E-state index contributed by atoms with van der Waals surface area (Å²) in [6.45, 7) is 2.52. The lowest BCUT2D eigenvalue weighted by atomic mass is 10.2. The van der Waals surface area contributed by atoms with E-state index in [1.54, 1.807) is 23.3 Å². The zero-order valence-corrected chi connectivity index (χ0v) is 13.2. The Bertz CT molecular complexity index is 568. The van der Waals surface area contributed by atoms with E-state index >= 15 is 0 Å². The molecule has 0 spiro atoms. The Morgan fingerprint density at radius 3 is 2.89 bits per heavy atom. The number of carbonyl (C=O) groups excluding carboxylic acids is 1. The van der Waals surface area contributed by atoms with Gasteiger partial charge in [0.25, 0.3) is 5.91 Å². The summed E-state index contributed by atoms with van der Waals surface area (Å²) in [6.07, 6.45) is 0. The molecule has 18 heavy (non-hydrogen) atoms. The minimum Gasteiger partial charge on any atom is -0.336 e. The van der Waals surface area contributed by atoms with Crippen molar-refractivity contribution in [2.24, 2.45) is 0 Å². The number of aromatic nitrogens is 1. The monoisotopic (exact) mass is 372 g/mol. The summed E-state index contributed by atoms with van der Waals surface area (Å²) in [6, 6.07) is 7.61. The van der Waals surface area contributed by atoms with Crippen molar-refractivity contribution in [3.63, 3.8) is 0 Å². The lowest BCUT2D eigenvalue weighted by Gasteiger charge is -2.16. The highest BCUT2D eigenvalue weighted by Crippen LogP contribution is 2.13. The Balaban J connectivity index is 2.09. The lowest BCUT2D eigenvalue weighted by molar-refractivity contribution is 0.0783. The van der Waals surface area contributed by atoms with Crippen molar-refractivity contribution in [1.82, 2.24) is 9.88 Å². The van der Waals surface area contributed by atoms with Gasteiger partial charge in [0.15, 0.2) is 0 Å². The van der Waals surface area contributed by atoms with E-state index in [1.165, 1.54) is 0 Å². The van der Waals surface area contributed by atoms with Gasteiger partial charge in [-0.2, -0.15) is 0 Å². The highest BCUT2D eigenvalue weighted by atomic mass is 127. The molecule has 0 atom stereocenters. The van der Waals surface area contributed by atoms with Crippen molar-refractivity contribution >= 4 is 39.8 Å². The number of amides is 1. The van der Waals surface area contributed by atoms with Gasteiger partial charge in [-0.15, -0.1) is 11.3 Å². The standard InChI is InChI=1S/C13H13IN2OS/c1-9-15-12(8-18-9)7-16(2)13(17)10-4-3-5-11(14)6-10/h3-6,8H,7H2,1-2H3. The predicted molar refractivity (Wildman–Crippen MR) is 81.8 cm³/mol. The van der Waals surface area contributed by atoms with Gasteiger partial charge in [0.05, 0.1) is 17.2 Å². The summed E-state index contributed by atoms with van der Waals surface area (Å²) in [7, 11) is 1.80. The summed E-state index contributed by atoms with van der Waals surface area (Å²) in [5.74, 6) is 0.0270. The maximum absolute atomic E-state index is 12.2. The van der Waals surface area contributed by atoms with Crippen LogP contribution in [-0.2, 0) is 6.54 Å². The van der Waals surface area contributed by atoms with E-state index < -0.39 is 0 Å². The quantitative estimate of drug-likeness (QED) is 0.775. The third-order valence-electron chi connectivity index (χ3n) is 2.48. The molecule has 0 radical (unpaired) electrons. The first-order valence-corrected chi connectivity index (χ1v) is 7.44. The second-order valence-electron chi connectivity index (χ2n) is 4.03. The number of aryl methyl sites for hydroxylation is 1. The van der Waals surface area contributed by atoms with E-state index in [9.17, 15) is 4.79 Å². The average Bonchev–Trinajstić information content (AvgIpc) is 2.73. The van der Waals surface area contributed by atoms with Crippen LogP contribution in [-0.4, -0.2) is 22.8 Å². The maximum atomic E-state index is 12.2. The second kappa shape index (κ2) is 5.79. The van der Waals surface area contributed by atoms with E-state index in [-0.39, 0.29) is 5.91 Å². The van der Waals surface area contributed by atoms with Crippen LogP contribution < -0.4 is 0 Å². The van der Waals surface area contributed by atoms with E-state index in [0.29, 0.717) is 6.54 Å². The largest absolute Gasteiger partial charge is 0.336 e. The van der Waals surface area contributed by atoms with Crippen LogP contribution in [0.1, 0.15) is 21.1 Å². The molecule has 3 nitrogen and oxygen atoms in total. The van der Waals surface area contributed by atoms with E-state index in [0.717, 1.165) is 19.8 Å². The Morgan fingerprint density at radius 1 is 1.50 bits per heavy atom. The Morgan fingerprint density at radius 2 is 2.28 bits per heavy atom. The number of nitrogens with zero attached hydrogens (tertiary/aromatic N) is 2. The van der Waals surface area contributed by atoms with Gasteiger partial charge in [0, 0.05) is 21.6 Å². The third-order valence-corrected chi connectivity index (χ3v) is 3.98. The molecule has 0 saturated heterocycles. The Labute approximate surface area is 124 Å². The molecule has 0 aliphatic carbocycles. The SMILES string of the molecule is Cc1nc(CN(C)C(=O)c2cccc(I)c2)cs1. The van der Waals surface area contributed by atoms with Crippen LogP contribution in [0.2, 0.25) is 0 Å². The molecule has 1 heterocycles. The summed E-state index contributed by atoms with van der Waals surface area (Å²) in [4.78, 5) is 18.3. The number of hydrogen-bond donors (Lipinski definition) is 0. The normalized spacial score (nSPS) is 10.4. The number of benzene rings is 1. The minimum absolute atomic E-state index is 0.0270. The number of hydrogen-bond acceptors (Lipinski definition) is 3. The molecule has 0 aliphatic rings. The molecule has 0 aliphatic heterocycles. The van der Waals surface area contributed by atoms with Crippen molar-refractivity contribution in [3.8, 4) is 0 Å². The molecule has 0 fully saturated rings. The summed E-state index contributed by atoms with van der Waals surface area (Å²) >= 11 is 3.81. The molecule has 1 amide bonds. The highest BCUT2D eigenvalue weighted by molar-refractivity contribution is 14.1. The fourth-order valence-electron chi connectivity index (χ4n) is 1.64. The lowest BCUT2D eigenvalue weighted by Crippen LogP contribution is -2.26. The van der Waals surface area contributed by atoms with E-state index in [1.807, 2.05) is 36.6 Å². The van der Waals surface area contributed by atoms with E-state index in [2.05, 4.69) is 27.6 Å². The van der Waals surface area contributed by atoms with Crippen LogP contribution in [0.3, 0.4) is 0 Å². The van der Waals surface area contributed by atoms with Crippen molar-refractivity contribution in [3.05, 3.63) is 49.5 Å². The maximum Gasteiger partial charge on any atom is 0.253 e. The van der Waals surface area contributed by atoms with Gasteiger partial charge in [-0.05, 0) is 47.7 Å². The van der Waals surface area contributed by atoms with Crippen molar-refractivity contribution in [2.45, 2.75) is 13.5 Å². The van der Waals surface area contributed by atoms with Crippen LogP contribution in [0.25, 0.3) is 0 Å². The van der Waals surface area contributed by atoms with Crippen molar-refractivity contribution < 1.29 is 4.79 Å². The number of carbonyl (C=O) groups is 1. The molecule has 1 aromatic carbocycles. The van der Waals surface area contributed by atoms with Gasteiger partial charge in [-0.3, -0.25) is 4.79 Å². The molecule has 0 N–H and O–H groups in total. The van der Waals surface area contributed by atoms with Gasteiger partial charge in [0.2, 0.25) is 0 Å². The van der Waals surface area contributed by atoms with E-state index in [4.69, 9.17) is 0 Å². The average molecular weight is 372 g/mol. The highest BCUT2D eigenvalue weighted by Gasteiger charge is 2.13. The zero-order chi connectivity index (χ0) is 13.1. The molecule has 2 aromatic rings. The van der Waals surface area contributed by atoms with Gasteiger partial charge in [-0.1, -0.05) is 6.07 Å². The minimum atomic E-state index is 0.0270. The number of halogens is 1. The summed E-state index contributed by atoms with van der Waals surface area (Å²) in [5.41, 5.74) is 1.66. The number of thiazole rings is 1. The van der Waals surface area contributed by atoms with Crippen molar-refractivity contribution in [1.29, 1.82) is 0 Å². The fourth-order valence-corrected chi connectivity index (χ4v) is 2.78. The molecule has 0 unspecified atom stereocenters. The van der Waals surface area contributed by atoms with Gasteiger partial charge >= 0.3 is 0 Å². The Hall–Kier alpha value is -0.950. The Kier molecular flexibility index (Phi) is 4.34. The van der Waals surface area contributed by atoms with Crippen molar-refractivity contribution in [2.75, 3.05) is 7.05 Å². The molecular weight excluding hydrogens is 359 g/mol. The number of rotatable bonds is 3. The molecule has 5 heteroatoms. The van der Waals surface area contributed by atoms with Gasteiger partial charge < -0.3 is 4.90 Å². The second-order valence-corrected chi connectivity index (χ2v) is 6.34. The fraction of sp³-hybridized carbons (Fsp3) is 0.231. The molecular formula is C13H13IN2OS. The van der Waals surface area contributed by atoms with Gasteiger partial charge in [0.1, 0.15) is 0 Å². The third kappa shape index (κ3) is 3.29. The zero-order valence-electron chi connectivity index (χ0n) is 10.2.